The molecule has 6 heteroatoms. The molecule has 0 aliphatic rings. The Kier molecular flexibility index (Phi) is 5.09. The quantitative estimate of drug-likeness (QED) is 0.714. The highest BCUT2D eigenvalue weighted by atomic mass is 35.5. The van der Waals surface area contributed by atoms with Crippen LogP contribution in [0.3, 0.4) is 0 Å². The Bertz CT molecular complexity index is 1080. The van der Waals surface area contributed by atoms with Crippen molar-refractivity contribution in [2.24, 2.45) is 0 Å². The van der Waals surface area contributed by atoms with Crippen LogP contribution in [0.2, 0.25) is 5.02 Å². The summed E-state index contributed by atoms with van der Waals surface area (Å²) in [5.74, 6) is -0.301. The first-order valence-corrected chi connectivity index (χ1v) is 8.95. The van der Waals surface area contributed by atoms with E-state index < -0.39 is 5.60 Å². The fraction of sp³-hybridized carbons (Fsp3) is 0.238. The summed E-state index contributed by atoms with van der Waals surface area (Å²) >= 11 is 6.10. The van der Waals surface area contributed by atoms with Crippen LogP contribution in [0.1, 0.15) is 29.8 Å². The highest BCUT2D eigenvalue weighted by Crippen LogP contribution is 2.23. The highest BCUT2D eigenvalue weighted by Gasteiger charge is 2.16. The normalized spacial score (nSPS) is 11.6. The van der Waals surface area contributed by atoms with Gasteiger partial charge in [0.1, 0.15) is 0 Å². The molecular weight excluding hydrogens is 364 g/mol. The number of benzene rings is 2. The van der Waals surface area contributed by atoms with E-state index in [1.807, 2.05) is 6.92 Å². The molecule has 1 amide bonds. The van der Waals surface area contributed by atoms with E-state index in [0.29, 0.717) is 27.0 Å². The third-order valence-electron chi connectivity index (χ3n) is 4.26. The summed E-state index contributed by atoms with van der Waals surface area (Å²) in [4.78, 5) is 25.3. The number of anilines is 1. The number of rotatable bonds is 4. The summed E-state index contributed by atoms with van der Waals surface area (Å²) in [6, 6.07) is 12.0. The van der Waals surface area contributed by atoms with Crippen molar-refractivity contribution in [1.82, 2.24) is 4.57 Å². The lowest BCUT2D eigenvalue weighted by molar-refractivity contribution is 0.0606. The molecule has 0 unspecified atom stereocenters. The van der Waals surface area contributed by atoms with Gasteiger partial charge in [-0.1, -0.05) is 23.7 Å². The molecule has 0 aliphatic carbocycles. The van der Waals surface area contributed by atoms with Gasteiger partial charge in [-0.25, -0.2) is 0 Å². The molecule has 1 aromatic heterocycles. The van der Waals surface area contributed by atoms with Crippen molar-refractivity contribution in [1.29, 1.82) is 0 Å². The summed E-state index contributed by atoms with van der Waals surface area (Å²) in [7, 11) is 0. The van der Waals surface area contributed by atoms with Crippen LogP contribution >= 0.6 is 11.6 Å². The second-order valence-electron chi connectivity index (χ2n) is 7.25. The van der Waals surface area contributed by atoms with E-state index in [-0.39, 0.29) is 18.0 Å². The number of carbonyl (C=O) groups excluding carboxylic acids is 1. The van der Waals surface area contributed by atoms with Gasteiger partial charge in [0.05, 0.1) is 12.1 Å². The molecule has 0 aliphatic heterocycles. The van der Waals surface area contributed by atoms with Gasteiger partial charge in [-0.05, 0) is 56.7 Å². The van der Waals surface area contributed by atoms with Crippen molar-refractivity contribution in [3.8, 4) is 0 Å². The van der Waals surface area contributed by atoms with Crippen molar-refractivity contribution < 1.29 is 9.90 Å². The average Bonchev–Trinajstić information content (AvgIpc) is 2.59. The molecule has 2 aromatic carbocycles. The van der Waals surface area contributed by atoms with Gasteiger partial charge >= 0.3 is 0 Å². The molecule has 0 saturated heterocycles. The van der Waals surface area contributed by atoms with Gasteiger partial charge in [0.25, 0.3) is 11.5 Å². The number of amides is 1. The molecule has 0 spiro atoms. The number of aliphatic hydroxyl groups is 1. The summed E-state index contributed by atoms with van der Waals surface area (Å²) < 4.78 is 1.47. The van der Waals surface area contributed by atoms with Gasteiger partial charge in [0.15, 0.2) is 0 Å². The summed E-state index contributed by atoms with van der Waals surface area (Å²) in [5.41, 5.74) is 0.656. The number of nitrogens with zero attached hydrogens (tertiary/aromatic N) is 1. The van der Waals surface area contributed by atoms with Crippen molar-refractivity contribution in [2.75, 3.05) is 5.32 Å². The predicted octanol–water partition coefficient (Wildman–Crippen LogP) is 3.99. The zero-order valence-corrected chi connectivity index (χ0v) is 16.2. The van der Waals surface area contributed by atoms with Gasteiger partial charge in [-0.2, -0.15) is 0 Å². The van der Waals surface area contributed by atoms with Crippen LogP contribution in [0, 0.1) is 6.92 Å². The maximum atomic E-state index is 12.7. The van der Waals surface area contributed by atoms with Gasteiger partial charge < -0.3 is 15.0 Å². The molecule has 140 valence electrons. The fourth-order valence-corrected chi connectivity index (χ4v) is 3.08. The second kappa shape index (κ2) is 7.18. The molecule has 0 bridgehead atoms. The number of halogens is 1. The first-order valence-electron chi connectivity index (χ1n) is 8.58. The largest absolute Gasteiger partial charge is 0.389 e. The van der Waals surface area contributed by atoms with Crippen molar-refractivity contribution in [2.45, 2.75) is 32.9 Å². The lowest BCUT2D eigenvalue weighted by Gasteiger charge is -2.19. The molecule has 3 rings (SSSR count). The third-order valence-corrected chi connectivity index (χ3v) is 4.67. The number of hydrogen-bond acceptors (Lipinski definition) is 3. The van der Waals surface area contributed by atoms with Crippen LogP contribution in [0.4, 0.5) is 5.69 Å². The summed E-state index contributed by atoms with van der Waals surface area (Å²) in [6.07, 6.45) is 1.63. The van der Waals surface area contributed by atoms with Crippen LogP contribution in [-0.4, -0.2) is 21.2 Å². The van der Waals surface area contributed by atoms with Crippen LogP contribution in [0.5, 0.6) is 0 Å². The Morgan fingerprint density at radius 3 is 2.59 bits per heavy atom. The van der Waals surface area contributed by atoms with Gasteiger partial charge in [0.2, 0.25) is 0 Å². The van der Waals surface area contributed by atoms with E-state index in [9.17, 15) is 14.7 Å². The van der Waals surface area contributed by atoms with Crippen molar-refractivity contribution in [3.63, 3.8) is 0 Å². The maximum Gasteiger partial charge on any atom is 0.258 e. The second-order valence-corrected chi connectivity index (χ2v) is 7.65. The third kappa shape index (κ3) is 4.21. The Morgan fingerprint density at radius 2 is 1.93 bits per heavy atom. The lowest BCUT2D eigenvalue weighted by Crippen LogP contribution is -2.32. The van der Waals surface area contributed by atoms with Crippen LogP contribution < -0.4 is 10.9 Å². The van der Waals surface area contributed by atoms with Crippen LogP contribution in [-0.2, 0) is 6.54 Å². The monoisotopic (exact) mass is 384 g/mol. The number of carbonyl (C=O) groups is 1. The van der Waals surface area contributed by atoms with E-state index in [0.717, 1.165) is 5.56 Å². The standard InChI is InChI=1S/C21H21ClN2O3/c1-13-7-8-14(11-17(13)22)19(25)23-18-6-4-5-16-15(18)9-10-24(20(16)26)12-21(2,3)27/h4-11,27H,12H2,1-3H3,(H,23,25). The van der Waals surface area contributed by atoms with Crippen LogP contribution in [0.25, 0.3) is 10.8 Å². The predicted molar refractivity (Wildman–Crippen MR) is 109 cm³/mol. The number of nitrogens with one attached hydrogen (secondary N) is 1. The Hall–Kier alpha value is -2.63. The number of aromatic nitrogens is 1. The Balaban J connectivity index is 1.98. The fourth-order valence-electron chi connectivity index (χ4n) is 2.90. The Labute approximate surface area is 162 Å². The zero-order valence-electron chi connectivity index (χ0n) is 15.4. The average molecular weight is 385 g/mol. The first kappa shape index (κ1) is 19.1. The topological polar surface area (TPSA) is 71.3 Å². The number of aryl methyl sites for hydroxylation is 1. The van der Waals surface area contributed by atoms with Crippen LogP contribution in [0.15, 0.2) is 53.5 Å². The highest BCUT2D eigenvalue weighted by molar-refractivity contribution is 6.31. The molecule has 3 aromatic rings. The van der Waals surface area contributed by atoms with E-state index in [1.54, 1.807) is 62.5 Å². The molecule has 0 saturated carbocycles. The van der Waals surface area contributed by atoms with E-state index in [1.165, 1.54) is 4.57 Å². The minimum Gasteiger partial charge on any atom is -0.389 e. The lowest BCUT2D eigenvalue weighted by atomic mass is 10.1. The van der Waals surface area contributed by atoms with Crippen molar-refractivity contribution in [3.05, 3.63) is 75.2 Å². The first-order chi connectivity index (χ1) is 12.7. The zero-order chi connectivity index (χ0) is 19.8. The molecule has 0 atom stereocenters. The van der Waals surface area contributed by atoms with Gasteiger partial charge in [0, 0.05) is 33.2 Å². The molecule has 2 N–H and O–H groups in total. The minimum atomic E-state index is -1.01. The van der Waals surface area contributed by atoms with Crippen molar-refractivity contribution >= 4 is 34.0 Å². The molecular formula is C21H21ClN2O3. The van der Waals surface area contributed by atoms with E-state index in [4.69, 9.17) is 11.6 Å². The number of hydrogen-bond donors (Lipinski definition) is 2. The maximum absolute atomic E-state index is 12.7. The number of fused-ring (bicyclic) bond motifs is 1. The molecule has 0 radical (unpaired) electrons. The molecule has 5 nitrogen and oxygen atoms in total. The molecule has 0 fully saturated rings. The van der Waals surface area contributed by atoms with E-state index >= 15 is 0 Å². The summed E-state index contributed by atoms with van der Waals surface area (Å²) in [6.45, 7) is 5.34. The minimum absolute atomic E-state index is 0.181. The molecule has 1 heterocycles. The summed E-state index contributed by atoms with van der Waals surface area (Å²) in [5, 5.41) is 14.5. The molecule has 27 heavy (non-hydrogen) atoms. The smallest absolute Gasteiger partial charge is 0.258 e. The van der Waals surface area contributed by atoms with Gasteiger partial charge in [-0.3, -0.25) is 9.59 Å². The van der Waals surface area contributed by atoms with E-state index in [2.05, 4.69) is 5.32 Å². The van der Waals surface area contributed by atoms with Gasteiger partial charge in [-0.15, -0.1) is 0 Å². The SMILES string of the molecule is Cc1ccc(C(=O)Nc2cccc3c(=O)n(CC(C)(C)O)ccc23)cc1Cl. The Morgan fingerprint density at radius 1 is 1.19 bits per heavy atom. The number of pyridine rings is 1.